The SMILES string of the molecule is Cc1c(C(=O)NCCOc2cccc3ccccc23)nnn1C1CCNCC1.Cl. The number of rotatable bonds is 6. The molecule has 0 atom stereocenters. The fourth-order valence-corrected chi connectivity index (χ4v) is 3.68. The Hall–Kier alpha value is -2.64. The number of ether oxygens (including phenoxy) is 1. The van der Waals surface area contributed by atoms with Gasteiger partial charge >= 0.3 is 0 Å². The van der Waals surface area contributed by atoms with Crippen LogP contribution in [0.1, 0.15) is 35.1 Å². The van der Waals surface area contributed by atoms with Crippen LogP contribution >= 0.6 is 12.4 Å². The van der Waals surface area contributed by atoms with E-state index >= 15 is 0 Å². The molecule has 3 aromatic rings. The molecule has 0 saturated carbocycles. The zero-order valence-electron chi connectivity index (χ0n) is 16.4. The number of fused-ring (bicyclic) bond motifs is 1. The average Bonchev–Trinajstić information content (AvgIpc) is 3.13. The third-order valence-electron chi connectivity index (χ3n) is 5.19. The zero-order chi connectivity index (χ0) is 19.3. The Kier molecular flexibility index (Phi) is 7.06. The van der Waals surface area contributed by atoms with E-state index < -0.39 is 0 Å². The second kappa shape index (κ2) is 9.71. The summed E-state index contributed by atoms with van der Waals surface area (Å²) in [6, 6.07) is 14.4. The Labute approximate surface area is 176 Å². The lowest BCUT2D eigenvalue weighted by molar-refractivity contribution is 0.0941. The van der Waals surface area contributed by atoms with Crippen LogP contribution in [-0.2, 0) is 0 Å². The van der Waals surface area contributed by atoms with Crippen molar-refractivity contribution < 1.29 is 9.53 Å². The largest absolute Gasteiger partial charge is 0.491 e. The number of nitrogens with one attached hydrogen (secondary N) is 2. The number of carbonyl (C=O) groups excluding carboxylic acids is 1. The molecule has 2 N–H and O–H groups in total. The van der Waals surface area contributed by atoms with E-state index in [9.17, 15) is 4.79 Å². The lowest BCUT2D eigenvalue weighted by Gasteiger charge is -2.23. The van der Waals surface area contributed by atoms with Crippen LogP contribution in [0.5, 0.6) is 5.75 Å². The molecule has 0 unspecified atom stereocenters. The maximum Gasteiger partial charge on any atom is 0.273 e. The minimum absolute atomic E-state index is 0. The van der Waals surface area contributed by atoms with Crippen molar-refractivity contribution in [3.63, 3.8) is 0 Å². The molecule has 7 nitrogen and oxygen atoms in total. The molecule has 8 heteroatoms. The number of halogens is 1. The smallest absolute Gasteiger partial charge is 0.273 e. The second-order valence-electron chi connectivity index (χ2n) is 7.03. The van der Waals surface area contributed by atoms with Crippen LogP contribution in [0.2, 0.25) is 0 Å². The second-order valence-corrected chi connectivity index (χ2v) is 7.03. The Morgan fingerprint density at radius 3 is 2.79 bits per heavy atom. The molecule has 1 aromatic heterocycles. The van der Waals surface area contributed by atoms with Crippen LogP contribution < -0.4 is 15.4 Å². The van der Waals surface area contributed by atoms with Crippen LogP contribution in [0.3, 0.4) is 0 Å². The molecular formula is C21H26ClN5O2. The van der Waals surface area contributed by atoms with Crippen LogP contribution in [-0.4, -0.2) is 47.1 Å². The van der Waals surface area contributed by atoms with Crippen molar-refractivity contribution in [1.29, 1.82) is 0 Å². The number of carbonyl (C=O) groups is 1. The van der Waals surface area contributed by atoms with Crippen molar-refractivity contribution in [3.05, 3.63) is 53.9 Å². The Balaban J connectivity index is 0.00000240. The van der Waals surface area contributed by atoms with Gasteiger partial charge < -0.3 is 15.4 Å². The van der Waals surface area contributed by atoms with E-state index in [0.29, 0.717) is 24.9 Å². The van der Waals surface area contributed by atoms with Gasteiger partial charge in [-0.1, -0.05) is 41.6 Å². The molecule has 2 heterocycles. The van der Waals surface area contributed by atoms with Gasteiger partial charge in [0, 0.05) is 5.39 Å². The summed E-state index contributed by atoms with van der Waals surface area (Å²) in [4.78, 5) is 12.5. The van der Waals surface area contributed by atoms with Gasteiger partial charge in [0.2, 0.25) is 0 Å². The molecule has 1 aliphatic heterocycles. The number of piperidine rings is 1. The molecule has 0 aliphatic carbocycles. The highest BCUT2D eigenvalue weighted by Crippen LogP contribution is 2.25. The molecule has 2 aromatic carbocycles. The predicted octanol–water partition coefficient (Wildman–Crippen LogP) is 2.89. The maximum atomic E-state index is 12.5. The lowest BCUT2D eigenvalue weighted by Crippen LogP contribution is -2.31. The van der Waals surface area contributed by atoms with Gasteiger partial charge in [-0.2, -0.15) is 0 Å². The highest BCUT2D eigenvalue weighted by atomic mass is 35.5. The highest BCUT2D eigenvalue weighted by molar-refractivity contribution is 5.93. The van der Waals surface area contributed by atoms with E-state index in [-0.39, 0.29) is 18.3 Å². The zero-order valence-corrected chi connectivity index (χ0v) is 17.2. The Morgan fingerprint density at radius 1 is 1.21 bits per heavy atom. The fraction of sp³-hybridized carbons (Fsp3) is 0.381. The molecule has 0 bridgehead atoms. The predicted molar refractivity (Wildman–Crippen MR) is 115 cm³/mol. The first kappa shape index (κ1) is 21.1. The molecule has 0 spiro atoms. The standard InChI is InChI=1S/C21H25N5O2.ClH/c1-15-20(24-25-26(15)17-9-11-22-12-10-17)21(27)23-13-14-28-19-8-4-6-16-5-2-3-7-18(16)19;/h2-8,17,22H,9-14H2,1H3,(H,23,27);1H. The summed E-state index contributed by atoms with van der Waals surface area (Å²) in [5.74, 6) is 0.611. The van der Waals surface area contributed by atoms with Gasteiger partial charge in [0.15, 0.2) is 5.69 Å². The summed E-state index contributed by atoms with van der Waals surface area (Å²) in [6.45, 7) is 4.64. The van der Waals surface area contributed by atoms with Gasteiger partial charge in [-0.05, 0) is 44.3 Å². The molecule has 1 saturated heterocycles. The third-order valence-corrected chi connectivity index (χ3v) is 5.19. The van der Waals surface area contributed by atoms with E-state index in [2.05, 4.69) is 33.1 Å². The summed E-state index contributed by atoms with van der Waals surface area (Å²) in [5.41, 5.74) is 1.21. The molecule has 1 amide bonds. The quantitative estimate of drug-likeness (QED) is 0.605. The number of benzene rings is 2. The molecule has 29 heavy (non-hydrogen) atoms. The number of hydrogen-bond donors (Lipinski definition) is 2. The van der Waals surface area contributed by atoms with E-state index in [0.717, 1.165) is 48.1 Å². The van der Waals surface area contributed by atoms with Crippen molar-refractivity contribution in [2.75, 3.05) is 26.2 Å². The molecule has 1 aliphatic rings. The van der Waals surface area contributed by atoms with Crippen LogP contribution in [0.25, 0.3) is 10.8 Å². The van der Waals surface area contributed by atoms with E-state index in [1.54, 1.807) is 0 Å². The molecular weight excluding hydrogens is 390 g/mol. The van der Waals surface area contributed by atoms with E-state index in [1.165, 1.54) is 0 Å². The normalized spacial score (nSPS) is 14.4. The molecule has 1 fully saturated rings. The van der Waals surface area contributed by atoms with E-state index in [4.69, 9.17) is 4.74 Å². The summed E-state index contributed by atoms with van der Waals surface area (Å²) < 4.78 is 7.76. The van der Waals surface area contributed by atoms with Crippen molar-refractivity contribution >= 4 is 29.1 Å². The number of aromatic nitrogens is 3. The molecule has 0 radical (unpaired) electrons. The molecule has 4 rings (SSSR count). The van der Waals surface area contributed by atoms with E-state index in [1.807, 2.05) is 41.9 Å². The van der Waals surface area contributed by atoms with Crippen LogP contribution in [0.15, 0.2) is 42.5 Å². The first-order valence-electron chi connectivity index (χ1n) is 9.75. The maximum absolute atomic E-state index is 12.5. The summed E-state index contributed by atoms with van der Waals surface area (Å²) in [6.07, 6.45) is 2.01. The third kappa shape index (κ3) is 4.68. The number of hydrogen-bond acceptors (Lipinski definition) is 5. The monoisotopic (exact) mass is 415 g/mol. The van der Waals surface area contributed by atoms with Gasteiger partial charge in [-0.15, -0.1) is 17.5 Å². The van der Waals surface area contributed by atoms with Crippen molar-refractivity contribution in [2.24, 2.45) is 0 Å². The van der Waals surface area contributed by atoms with Gasteiger partial charge in [-0.3, -0.25) is 4.79 Å². The minimum atomic E-state index is -0.209. The topological polar surface area (TPSA) is 81.1 Å². The number of amides is 1. The fourth-order valence-electron chi connectivity index (χ4n) is 3.68. The Morgan fingerprint density at radius 2 is 1.97 bits per heavy atom. The summed E-state index contributed by atoms with van der Waals surface area (Å²) in [5, 5.41) is 16.7. The van der Waals surface area contributed by atoms with Gasteiger partial charge in [0.25, 0.3) is 5.91 Å². The Bertz CT molecular complexity index is 963. The van der Waals surface area contributed by atoms with Gasteiger partial charge in [-0.25, -0.2) is 4.68 Å². The first-order valence-corrected chi connectivity index (χ1v) is 9.75. The van der Waals surface area contributed by atoms with Crippen molar-refractivity contribution in [3.8, 4) is 5.75 Å². The highest BCUT2D eigenvalue weighted by Gasteiger charge is 2.22. The number of nitrogens with zero attached hydrogens (tertiary/aromatic N) is 3. The van der Waals surface area contributed by atoms with Crippen molar-refractivity contribution in [1.82, 2.24) is 25.6 Å². The van der Waals surface area contributed by atoms with Gasteiger partial charge in [0.1, 0.15) is 12.4 Å². The average molecular weight is 416 g/mol. The summed E-state index contributed by atoms with van der Waals surface area (Å²) in [7, 11) is 0. The van der Waals surface area contributed by atoms with Crippen LogP contribution in [0.4, 0.5) is 0 Å². The van der Waals surface area contributed by atoms with Crippen molar-refractivity contribution in [2.45, 2.75) is 25.8 Å². The lowest BCUT2D eigenvalue weighted by atomic mass is 10.1. The van der Waals surface area contributed by atoms with Crippen LogP contribution in [0, 0.1) is 6.92 Å². The first-order chi connectivity index (χ1) is 13.7. The summed E-state index contributed by atoms with van der Waals surface area (Å²) >= 11 is 0. The molecule has 154 valence electrons. The minimum Gasteiger partial charge on any atom is -0.491 e. The van der Waals surface area contributed by atoms with Gasteiger partial charge in [0.05, 0.1) is 18.3 Å².